The van der Waals surface area contributed by atoms with Crippen LogP contribution in [0.5, 0.6) is 0 Å². The van der Waals surface area contributed by atoms with Crippen LogP contribution in [0.15, 0.2) is 18.3 Å². The van der Waals surface area contributed by atoms with Crippen LogP contribution in [0.4, 0.5) is 0 Å². The van der Waals surface area contributed by atoms with Crippen LogP contribution in [0.2, 0.25) is 0 Å². The predicted molar refractivity (Wildman–Crippen MR) is 63.0 cm³/mol. The molecule has 1 atom stereocenters. The maximum Gasteiger partial charge on any atom is 0.0159 e. The minimum absolute atomic E-state index is 0.860. The summed E-state index contributed by atoms with van der Waals surface area (Å²) >= 11 is 0. The summed E-state index contributed by atoms with van der Waals surface area (Å²) in [6, 6.07) is 4.22. The van der Waals surface area contributed by atoms with Crippen LogP contribution in [0.1, 0.15) is 12.1 Å². The van der Waals surface area contributed by atoms with Gasteiger partial charge in [-0.15, -0.1) is 0 Å². The highest BCUT2D eigenvalue weighted by Crippen LogP contribution is 2.09. The van der Waals surface area contributed by atoms with E-state index < -0.39 is 0 Å². The Bertz CT molecular complexity index is 262. The first-order valence-corrected chi connectivity index (χ1v) is 5.86. The second-order valence-corrected chi connectivity index (χ2v) is 4.57. The first kappa shape index (κ1) is 10.7. The lowest BCUT2D eigenvalue weighted by atomic mass is 10.1. The molecule has 15 heavy (non-hydrogen) atoms. The van der Waals surface area contributed by atoms with Gasteiger partial charge in [0.1, 0.15) is 0 Å². The summed E-state index contributed by atoms with van der Waals surface area (Å²) < 4.78 is 0. The summed E-state index contributed by atoms with van der Waals surface area (Å²) in [5.41, 5.74) is 1.34. The SMILES string of the molecule is CN(CCc1ccc[nH]1)CC1CCNC1. The molecule has 84 valence electrons. The fourth-order valence-corrected chi connectivity index (χ4v) is 2.24. The number of nitrogens with zero attached hydrogens (tertiary/aromatic N) is 1. The Balaban J connectivity index is 1.66. The van der Waals surface area contributed by atoms with Gasteiger partial charge in [-0.25, -0.2) is 0 Å². The van der Waals surface area contributed by atoms with Crippen LogP contribution in [0.3, 0.4) is 0 Å². The van der Waals surface area contributed by atoms with E-state index in [0.29, 0.717) is 0 Å². The van der Waals surface area contributed by atoms with Gasteiger partial charge in [0, 0.05) is 31.4 Å². The van der Waals surface area contributed by atoms with Crippen molar-refractivity contribution in [2.24, 2.45) is 5.92 Å². The van der Waals surface area contributed by atoms with E-state index in [4.69, 9.17) is 0 Å². The lowest BCUT2D eigenvalue weighted by molar-refractivity contribution is 0.288. The molecule has 3 heteroatoms. The minimum atomic E-state index is 0.860. The second kappa shape index (κ2) is 5.33. The number of likely N-dealkylation sites (N-methyl/N-ethyl adjacent to an activating group) is 1. The van der Waals surface area contributed by atoms with Crippen LogP contribution in [0.25, 0.3) is 0 Å². The minimum Gasteiger partial charge on any atom is -0.365 e. The van der Waals surface area contributed by atoms with Crippen molar-refractivity contribution in [1.82, 2.24) is 15.2 Å². The number of rotatable bonds is 5. The van der Waals surface area contributed by atoms with E-state index in [9.17, 15) is 0 Å². The second-order valence-electron chi connectivity index (χ2n) is 4.57. The molecule has 0 bridgehead atoms. The summed E-state index contributed by atoms with van der Waals surface area (Å²) in [6.45, 7) is 4.78. The van der Waals surface area contributed by atoms with Gasteiger partial charge in [0.25, 0.3) is 0 Å². The smallest absolute Gasteiger partial charge is 0.0159 e. The van der Waals surface area contributed by atoms with Gasteiger partial charge in [0.2, 0.25) is 0 Å². The number of nitrogens with one attached hydrogen (secondary N) is 2. The van der Waals surface area contributed by atoms with Gasteiger partial charge in [0.05, 0.1) is 0 Å². The average molecular weight is 207 g/mol. The highest BCUT2D eigenvalue weighted by molar-refractivity contribution is 5.03. The molecule has 1 unspecified atom stereocenters. The Morgan fingerprint density at radius 1 is 1.53 bits per heavy atom. The van der Waals surface area contributed by atoms with Gasteiger partial charge in [-0.3, -0.25) is 0 Å². The molecule has 0 radical (unpaired) electrons. The molecule has 2 heterocycles. The van der Waals surface area contributed by atoms with Gasteiger partial charge in [0.15, 0.2) is 0 Å². The molecule has 1 aromatic heterocycles. The summed E-state index contributed by atoms with van der Waals surface area (Å²) in [5, 5.41) is 3.41. The highest BCUT2D eigenvalue weighted by Gasteiger charge is 2.15. The number of aromatic amines is 1. The molecule has 0 aliphatic carbocycles. The van der Waals surface area contributed by atoms with Crippen LogP contribution in [0, 0.1) is 5.92 Å². The first-order chi connectivity index (χ1) is 7.34. The molecule has 0 amide bonds. The van der Waals surface area contributed by atoms with Crippen LogP contribution in [-0.2, 0) is 6.42 Å². The van der Waals surface area contributed by atoms with Gasteiger partial charge in [-0.05, 0) is 44.6 Å². The lowest BCUT2D eigenvalue weighted by Gasteiger charge is -2.19. The number of aromatic nitrogens is 1. The molecule has 1 aliphatic rings. The zero-order valence-electron chi connectivity index (χ0n) is 9.50. The Labute approximate surface area is 91.9 Å². The third-order valence-electron chi connectivity index (χ3n) is 3.16. The summed E-state index contributed by atoms with van der Waals surface area (Å²) in [7, 11) is 2.22. The fraction of sp³-hybridized carbons (Fsp3) is 0.667. The van der Waals surface area contributed by atoms with Crippen LogP contribution in [-0.4, -0.2) is 43.1 Å². The van der Waals surface area contributed by atoms with E-state index in [-0.39, 0.29) is 0 Å². The third kappa shape index (κ3) is 3.36. The zero-order valence-corrected chi connectivity index (χ0v) is 9.50. The maximum atomic E-state index is 3.41. The summed E-state index contributed by atoms with van der Waals surface area (Å²) in [4.78, 5) is 5.69. The third-order valence-corrected chi connectivity index (χ3v) is 3.16. The van der Waals surface area contributed by atoms with Crippen LogP contribution >= 0.6 is 0 Å². The Morgan fingerprint density at radius 2 is 2.47 bits per heavy atom. The summed E-state index contributed by atoms with van der Waals surface area (Å²) in [6.07, 6.45) is 4.46. The lowest BCUT2D eigenvalue weighted by Crippen LogP contribution is -2.28. The molecule has 2 rings (SSSR count). The molecule has 1 fully saturated rings. The van der Waals surface area contributed by atoms with E-state index in [1.807, 2.05) is 6.20 Å². The largest absolute Gasteiger partial charge is 0.365 e. The van der Waals surface area contributed by atoms with E-state index in [1.54, 1.807) is 0 Å². The van der Waals surface area contributed by atoms with Crippen molar-refractivity contribution >= 4 is 0 Å². The molecule has 1 saturated heterocycles. The van der Waals surface area contributed by atoms with Crippen molar-refractivity contribution in [1.29, 1.82) is 0 Å². The maximum absolute atomic E-state index is 3.41. The molecular formula is C12H21N3. The molecule has 0 spiro atoms. The molecular weight excluding hydrogens is 186 g/mol. The Morgan fingerprint density at radius 3 is 3.13 bits per heavy atom. The van der Waals surface area contributed by atoms with Crippen molar-refractivity contribution in [2.45, 2.75) is 12.8 Å². The topological polar surface area (TPSA) is 31.1 Å². The molecule has 0 aromatic carbocycles. The van der Waals surface area contributed by atoms with Gasteiger partial charge >= 0.3 is 0 Å². The highest BCUT2D eigenvalue weighted by atomic mass is 15.1. The van der Waals surface area contributed by atoms with Gasteiger partial charge < -0.3 is 15.2 Å². The van der Waals surface area contributed by atoms with Crippen molar-refractivity contribution in [3.8, 4) is 0 Å². The van der Waals surface area contributed by atoms with Crippen LogP contribution < -0.4 is 5.32 Å². The monoisotopic (exact) mass is 207 g/mol. The molecule has 3 nitrogen and oxygen atoms in total. The van der Waals surface area contributed by atoms with Crippen molar-refractivity contribution in [2.75, 3.05) is 33.2 Å². The van der Waals surface area contributed by atoms with Crippen molar-refractivity contribution < 1.29 is 0 Å². The van der Waals surface area contributed by atoms with Gasteiger partial charge in [-0.2, -0.15) is 0 Å². The first-order valence-electron chi connectivity index (χ1n) is 5.86. The Kier molecular flexibility index (Phi) is 3.80. The standard InChI is InChI=1S/C12H21N3/c1-15(10-11-4-7-13-9-11)8-5-12-3-2-6-14-12/h2-3,6,11,13-14H,4-5,7-10H2,1H3. The quantitative estimate of drug-likeness (QED) is 0.757. The van der Waals surface area contributed by atoms with Crippen molar-refractivity contribution in [3.05, 3.63) is 24.0 Å². The fourth-order valence-electron chi connectivity index (χ4n) is 2.24. The average Bonchev–Trinajstić information content (AvgIpc) is 2.86. The molecule has 1 aliphatic heterocycles. The molecule has 1 aromatic rings. The summed E-state index contributed by atoms with van der Waals surface area (Å²) in [5.74, 6) is 0.860. The molecule has 0 saturated carbocycles. The van der Waals surface area contributed by atoms with Crippen molar-refractivity contribution in [3.63, 3.8) is 0 Å². The predicted octanol–water partition coefficient (Wildman–Crippen LogP) is 1.10. The van der Waals surface area contributed by atoms with Gasteiger partial charge in [-0.1, -0.05) is 0 Å². The normalized spacial score (nSPS) is 21.3. The van der Waals surface area contributed by atoms with E-state index in [0.717, 1.165) is 18.9 Å². The molecule has 2 N–H and O–H groups in total. The number of H-pyrrole nitrogens is 1. The van der Waals surface area contributed by atoms with E-state index in [2.05, 4.69) is 34.4 Å². The van der Waals surface area contributed by atoms with E-state index >= 15 is 0 Å². The number of hydrogen-bond donors (Lipinski definition) is 2. The Hall–Kier alpha value is -0.800. The number of hydrogen-bond acceptors (Lipinski definition) is 2. The zero-order chi connectivity index (χ0) is 10.5. The van der Waals surface area contributed by atoms with E-state index in [1.165, 1.54) is 31.7 Å².